The number of nitrogens with zero attached hydrogens (tertiary/aromatic N) is 2. The van der Waals surface area contributed by atoms with Crippen molar-refractivity contribution in [1.29, 1.82) is 0 Å². The van der Waals surface area contributed by atoms with E-state index in [1.807, 2.05) is 0 Å². The van der Waals surface area contributed by atoms with Crippen molar-refractivity contribution in [3.63, 3.8) is 0 Å². The lowest BCUT2D eigenvalue weighted by molar-refractivity contribution is 0.0344. The van der Waals surface area contributed by atoms with Crippen molar-refractivity contribution in [3.05, 3.63) is 0 Å². The molecule has 18 heavy (non-hydrogen) atoms. The van der Waals surface area contributed by atoms with Crippen LogP contribution in [0.3, 0.4) is 0 Å². The predicted molar refractivity (Wildman–Crippen MR) is 77.8 cm³/mol. The number of nitrogens with two attached hydrogens (primary N) is 1. The molecular weight excluding hydrogens is 222 g/mol. The van der Waals surface area contributed by atoms with Crippen molar-refractivity contribution in [2.75, 3.05) is 33.7 Å². The summed E-state index contributed by atoms with van der Waals surface area (Å²) in [4.78, 5) is 5.12. The van der Waals surface area contributed by atoms with Gasteiger partial charge in [-0.15, -0.1) is 0 Å². The van der Waals surface area contributed by atoms with Gasteiger partial charge < -0.3 is 10.6 Å². The molecule has 1 saturated heterocycles. The Balaban J connectivity index is 1.96. The van der Waals surface area contributed by atoms with Crippen LogP contribution in [0, 0.1) is 0 Å². The minimum Gasteiger partial charge on any atom is -0.329 e. The molecule has 0 aromatic rings. The fraction of sp³-hybridized carbons (Fsp3) is 1.00. The van der Waals surface area contributed by atoms with E-state index in [2.05, 4.69) is 23.9 Å². The van der Waals surface area contributed by atoms with Crippen LogP contribution < -0.4 is 5.73 Å². The van der Waals surface area contributed by atoms with Gasteiger partial charge in [-0.3, -0.25) is 4.90 Å². The first-order valence-corrected chi connectivity index (χ1v) is 7.79. The summed E-state index contributed by atoms with van der Waals surface area (Å²) in [5, 5.41) is 0. The van der Waals surface area contributed by atoms with E-state index in [4.69, 9.17) is 5.73 Å². The van der Waals surface area contributed by atoms with Gasteiger partial charge in [-0.25, -0.2) is 0 Å². The van der Waals surface area contributed by atoms with Gasteiger partial charge in [0.1, 0.15) is 0 Å². The van der Waals surface area contributed by atoms with Crippen LogP contribution in [0.15, 0.2) is 0 Å². The van der Waals surface area contributed by atoms with Crippen LogP contribution in [0.2, 0.25) is 0 Å². The van der Waals surface area contributed by atoms with Gasteiger partial charge in [0, 0.05) is 31.2 Å². The molecule has 0 spiro atoms. The van der Waals surface area contributed by atoms with Gasteiger partial charge >= 0.3 is 0 Å². The van der Waals surface area contributed by atoms with Gasteiger partial charge in [-0.1, -0.05) is 25.7 Å². The Hall–Kier alpha value is -0.120. The molecule has 1 saturated carbocycles. The highest BCUT2D eigenvalue weighted by molar-refractivity contribution is 4.95. The maximum atomic E-state index is 6.18. The van der Waals surface area contributed by atoms with Crippen molar-refractivity contribution < 1.29 is 0 Å². The fourth-order valence-electron chi connectivity index (χ4n) is 3.89. The highest BCUT2D eigenvalue weighted by atomic mass is 15.2. The third-order valence-corrected chi connectivity index (χ3v) is 5.28. The normalized spacial score (nSPS) is 27.3. The smallest absolute Gasteiger partial charge is 0.0331 e. The van der Waals surface area contributed by atoms with E-state index in [-0.39, 0.29) is 0 Å². The Morgan fingerprint density at radius 3 is 2.06 bits per heavy atom. The SMILES string of the molecule is CN(C)C1CCN(C2(CN)CCCCCC2)CC1. The zero-order valence-corrected chi connectivity index (χ0v) is 12.3. The van der Waals surface area contributed by atoms with Crippen LogP contribution in [0.4, 0.5) is 0 Å². The zero-order valence-electron chi connectivity index (χ0n) is 12.3. The van der Waals surface area contributed by atoms with Gasteiger partial charge in [0.05, 0.1) is 0 Å². The van der Waals surface area contributed by atoms with Crippen LogP contribution >= 0.6 is 0 Å². The van der Waals surface area contributed by atoms with Crippen LogP contribution in [0.25, 0.3) is 0 Å². The number of hydrogen-bond donors (Lipinski definition) is 1. The molecule has 106 valence electrons. The second-order valence-corrected chi connectivity index (χ2v) is 6.52. The Morgan fingerprint density at radius 2 is 1.61 bits per heavy atom. The molecular formula is C15H31N3. The van der Waals surface area contributed by atoms with Crippen LogP contribution in [-0.2, 0) is 0 Å². The van der Waals surface area contributed by atoms with Gasteiger partial charge in [0.25, 0.3) is 0 Å². The third kappa shape index (κ3) is 3.06. The molecule has 0 aromatic heterocycles. The maximum Gasteiger partial charge on any atom is 0.0331 e. The molecule has 1 heterocycles. The Bertz CT molecular complexity index is 236. The molecule has 0 amide bonds. The lowest BCUT2D eigenvalue weighted by Gasteiger charge is -2.47. The molecule has 0 unspecified atom stereocenters. The average molecular weight is 253 g/mol. The maximum absolute atomic E-state index is 6.18. The first-order valence-electron chi connectivity index (χ1n) is 7.79. The number of piperidine rings is 1. The molecule has 0 atom stereocenters. The van der Waals surface area contributed by atoms with Crippen molar-refractivity contribution in [2.24, 2.45) is 5.73 Å². The Morgan fingerprint density at radius 1 is 1.06 bits per heavy atom. The Labute approximate surface area is 113 Å². The lowest BCUT2D eigenvalue weighted by atomic mass is 9.85. The monoisotopic (exact) mass is 253 g/mol. The fourth-order valence-corrected chi connectivity index (χ4v) is 3.89. The van der Waals surface area contributed by atoms with Gasteiger partial charge in [-0.2, -0.15) is 0 Å². The molecule has 1 aliphatic heterocycles. The summed E-state index contributed by atoms with van der Waals surface area (Å²) in [6, 6.07) is 0.779. The van der Waals surface area contributed by atoms with E-state index < -0.39 is 0 Å². The standard InChI is InChI=1S/C15H31N3/c1-17(2)14-7-11-18(12-8-14)15(13-16)9-5-3-4-6-10-15/h14H,3-13,16H2,1-2H3. The Kier molecular flexibility index (Phi) is 5.05. The van der Waals surface area contributed by atoms with Crippen molar-refractivity contribution in [3.8, 4) is 0 Å². The summed E-state index contributed by atoms with van der Waals surface area (Å²) in [6.45, 7) is 3.36. The summed E-state index contributed by atoms with van der Waals surface area (Å²) >= 11 is 0. The second kappa shape index (κ2) is 6.36. The molecule has 0 radical (unpaired) electrons. The average Bonchev–Trinajstić information content (AvgIpc) is 2.65. The predicted octanol–water partition coefficient (Wildman–Crippen LogP) is 2.06. The summed E-state index contributed by atoms with van der Waals surface area (Å²) in [5.41, 5.74) is 6.52. The van der Waals surface area contributed by atoms with E-state index in [0.29, 0.717) is 5.54 Å². The molecule has 0 bridgehead atoms. The van der Waals surface area contributed by atoms with Gasteiger partial charge in [-0.05, 0) is 39.8 Å². The minimum atomic E-state index is 0.341. The van der Waals surface area contributed by atoms with Crippen molar-refractivity contribution >= 4 is 0 Å². The van der Waals surface area contributed by atoms with Crippen LogP contribution in [-0.4, -0.2) is 55.1 Å². The molecule has 1 aliphatic carbocycles. The highest BCUT2D eigenvalue weighted by Crippen LogP contribution is 2.34. The zero-order chi connectivity index (χ0) is 13.0. The third-order valence-electron chi connectivity index (χ3n) is 5.28. The largest absolute Gasteiger partial charge is 0.329 e. The summed E-state index contributed by atoms with van der Waals surface area (Å²) in [7, 11) is 4.43. The molecule has 2 fully saturated rings. The minimum absolute atomic E-state index is 0.341. The molecule has 2 rings (SSSR count). The van der Waals surface area contributed by atoms with E-state index in [1.54, 1.807) is 0 Å². The van der Waals surface area contributed by atoms with Crippen LogP contribution in [0.1, 0.15) is 51.4 Å². The van der Waals surface area contributed by atoms with Gasteiger partial charge in [0.15, 0.2) is 0 Å². The lowest BCUT2D eigenvalue weighted by Crippen LogP contribution is -2.57. The summed E-state index contributed by atoms with van der Waals surface area (Å²) in [5.74, 6) is 0. The quantitative estimate of drug-likeness (QED) is 0.782. The van der Waals surface area contributed by atoms with E-state index in [0.717, 1.165) is 12.6 Å². The number of rotatable bonds is 3. The molecule has 2 N–H and O–H groups in total. The number of hydrogen-bond acceptors (Lipinski definition) is 3. The summed E-state index contributed by atoms with van der Waals surface area (Å²) in [6.07, 6.45) is 10.9. The van der Waals surface area contributed by atoms with Crippen molar-refractivity contribution in [1.82, 2.24) is 9.80 Å². The van der Waals surface area contributed by atoms with E-state index in [1.165, 1.54) is 64.5 Å². The van der Waals surface area contributed by atoms with E-state index >= 15 is 0 Å². The summed E-state index contributed by atoms with van der Waals surface area (Å²) < 4.78 is 0. The topological polar surface area (TPSA) is 32.5 Å². The second-order valence-electron chi connectivity index (χ2n) is 6.52. The molecule has 3 nitrogen and oxygen atoms in total. The highest BCUT2D eigenvalue weighted by Gasteiger charge is 2.37. The first-order chi connectivity index (χ1) is 8.68. The molecule has 3 heteroatoms. The van der Waals surface area contributed by atoms with Gasteiger partial charge in [0.2, 0.25) is 0 Å². The molecule has 0 aromatic carbocycles. The van der Waals surface area contributed by atoms with Crippen LogP contribution in [0.5, 0.6) is 0 Å². The van der Waals surface area contributed by atoms with Crippen molar-refractivity contribution in [2.45, 2.75) is 62.9 Å². The number of likely N-dealkylation sites (tertiary alicyclic amines) is 1. The first kappa shape index (κ1) is 14.3. The van der Waals surface area contributed by atoms with E-state index in [9.17, 15) is 0 Å². The molecule has 2 aliphatic rings.